The fraction of sp³-hybridized carbons (Fsp3) is 0.381. The van der Waals surface area contributed by atoms with Crippen LogP contribution >= 0.6 is 24.0 Å². The molecule has 0 saturated heterocycles. The van der Waals surface area contributed by atoms with Gasteiger partial charge in [0.2, 0.25) is 10.0 Å². The highest BCUT2D eigenvalue weighted by Gasteiger charge is 2.24. The van der Waals surface area contributed by atoms with Crippen LogP contribution in [0.4, 0.5) is 0 Å². The van der Waals surface area contributed by atoms with E-state index in [9.17, 15) is 8.42 Å². The molecule has 0 bridgehead atoms. The lowest BCUT2D eigenvalue weighted by molar-refractivity contribution is 0.262. The molecule has 0 amide bonds. The summed E-state index contributed by atoms with van der Waals surface area (Å²) in [5, 5.41) is 3.22. The number of para-hydroxylation sites is 1. The summed E-state index contributed by atoms with van der Waals surface area (Å²) in [6, 6.07) is 14.6. The van der Waals surface area contributed by atoms with Crippen molar-refractivity contribution in [1.29, 1.82) is 0 Å². The highest BCUT2D eigenvalue weighted by molar-refractivity contribution is 14.0. The SMILES string of the molecule is CC(C)(C)NS(=O)(=O)c1ccccc1CN=C(N)NC1CCOc2ccccc21.I. The van der Waals surface area contributed by atoms with Crippen LogP contribution < -0.4 is 20.5 Å². The zero-order valence-electron chi connectivity index (χ0n) is 17.4. The fourth-order valence-corrected chi connectivity index (χ4v) is 4.89. The molecule has 1 heterocycles. The molecule has 164 valence electrons. The Morgan fingerprint density at radius 2 is 1.83 bits per heavy atom. The first-order valence-corrected chi connectivity index (χ1v) is 11.0. The van der Waals surface area contributed by atoms with Gasteiger partial charge < -0.3 is 15.8 Å². The van der Waals surface area contributed by atoms with Crippen LogP contribution in [-0.2, 0) is 16.6 Å². The summed E-state index contributed by atoms with van der Waals surface area (Å²) in [5.74, 6) is 1.11. The Kier molecular flexibility index (Phi) is 8.12. The number of fused-ring (bicyclic) bond motifs is 1. The third kappa shape index (κ3) is 6.32. The van der Waals surface area contributed by atoms with Gasteiger partial charge in [-0.1, -0.05) is 36.4 Å². The molecule has 7 nitrogen and oxygen atoms in total. The van der Waals surface area contributed by atoms with Crippen molar-refractivity contribution in [3.8, 4) is 5.75 Å². The van der Waals surface area contributed by atoms with Crippen molar-refractivity contribution in [3.05, 3.63) is 59.7 Å². The number of halogens is 1. The van der Waals surface area contributed by atoms with Gasteiger partial charge in [0.1, 0.15) is 5.75 Å². The van der Waals surface area contributed by atoms with E-state index in [0.29, 0.717) is 12.2 Å². The van der Waals surface area contributed by atoms with E-state index >= 15 is 0 Å². The molecule has 2 aromatic rings. The van der Waals surface area contributed by atoms with Crippen LogP contribution in [0.2, 0.25) is 0 Å². The molecule has 0 fully saturated rings. The van der Waals surface area contributed by atoms with Crippen LogP contribution in [0.1, 0.15) is 44.4 Å². The number of rotatable bonds is 5. The average Bonchev–Trinajstić information content (AvgIpc) is 2.65. The molecule has 1 aliphatic rings. The first-order valence-electron chi connectivity index (χ1n) is 9.56. The highest BCUT2D eigenvalue weighted by atomic mass is 127. The van der Waals surface area contributed by atoms with E-state index in [4.69, 9.17) is 10.5 Å². The molecular weight excluding hydrogens is 515 g/mol. The molecule has 1 atom stereocenters. The molecule has 3 rings (SSSR count). The van der Waals surface area contributed by atoms with Gasteiger partial charge in [0, 0.05) is 17.5 Å². The molecule has 0 radical (unpaired) electrons. The van der Waals surface area contributed by atoms with Crippen molar-refractivity contribution >= 4 is 40.0 Å². The number of benzene rings is 2. The maximum Gasteiger partial charge on any atom is 0.241 e. The van der Waals surface area contributed by atoms with E-state index in [2.05, 4.69) is 15.0 Å². The summed E-state index contributed by atoms with van der Waals surface area (Å²) < 4.78 is 33.8. The summed E-state index contributed by atoms with van der Waals surface area (Å²) in [6.07, 6.45) is 0.772. The average molecular weight is 544 g/mol. The number of nitrogens with two attached hydrogens (primary N) is 1. The molecule has 9 heteroatoms. The predicted molar refractivity (Wildman–Crippen MR) is 130 cm³/mol. The number of nitrogens with one attached hydrogen (secondary N) is 2. The predicted octanol–water partition coefficient (Wildman–Crippen LogP) is 3.31. The molecule has 1 unspecified atom stereocenters. The lowest BCUT2D eigenvalue weighted by Gasteiger charge is -2.27. The number of hydrogen-bond acceptors (Lipinski definition) is 4. The number of guanidine groups is 1. The van der Waals surface area contributed by atoms with Crippen LogP contribution in [0, 0.1) is 0 Å². The standard InChI is InChI=1S/C21H28N4O3S.HI/c1-21(2,3)25-29(26,27)19-11-7-4-8-15(19)14-23-20(22)24-17-12-13-28-18-10-6-5-9-16(17)18;/h4-11,17,25H,12-14H2,1-3H3,(H3,22,23,24);1H. The van der Waals surface area contributed by atoms with Crippen molar-refractivity contribution in [2.75, 3.05) is 6.61 Å². The number of nitrogens with zero attached hydrogens (tertiary/aromatic N) is 1. The van der Waals surface area contributed by atoms with Crippen molar-refractivity contribution in [2.24, 2.45) is 10.7 Å². The van der Waals surface area contributed by atoms with Crippen molar-refractivity contribution in [3.63, 3.8) is 0 Å². The Morgan fingerprint density at radius 3 is 2.57 bits per heavy atom. The molecule has 2 aromatic carbocycles. The van der Waals surface area contributed by atoms with E-state index in [1.54, 1.807) is 45.0 Å². The molecule has 1 aliphatic heterocycles. The third-order valence-electron chi connectivity index (χ3n) is 4.40. The Labute approximate surface area is 195 Å². The first kappa shape index (κ1) is 24.4. The maximum atomic E-state index is 12.7. The van der Waals surface area contributed by atoms with Crippen LogP contribution in [-0.4, -0.2) is 26.5 Å². The van der Waals surface area contributed by atoms with Gasteiger partial charge in [-0.2, -0.15) is 0 Å². The van der Waals surface area contributed by atoms with Crippen LogP contribution in [0.5, 0.6) is 5.75 Å². The smallest absolute Gasteiger partial charge is 0.241 e. The highest BCUT2D eigenvalue weighted by Crippen LogP contribution is 2.31. The van der Waals surface area contributed by atoms with Gasteiger partial charge in [-0.25, -0.2) is 18.1 Å². The fourth-order valence-electron chi connectivity index (χ4n) is 3.24. The number of hydrogen-bond donors (Lipinski definition) is 3. The zero-order valence-corrected chi connectivity index (χ0v) is 20.5. The van der Waals surface area contributed by atoms with Gasteiger partial charge in [0.25, 0.3) is 0 Å². The minimum absolute atomic E-state index is 0. The molecule has 0 saturated carbocycles. The Balaban J connectivity index is 0.00000320. The van der Waals surface area contributed by atoms with E-state index in [1.807, 2.05) is 24.3 Å². The quantitative estimate of drug-likeness (QED) is 0.304. The van der Waals surface area contributed by atoms with Gasteiger partial charge in [0.05, 0.1) is 24.1 Å². The summed E-state index contributed by atoms with van der Waals surface area (Å²) in [4.78, 5) is 4.59. The minimum atomic E-state index is -3.66. The van der Waals surface area contributed by atoms with Crippen molar-refractivity contribution in [1.82, 2.24) is 10.0 Å². The summed E-state index contributed by atoms with van der Waals surface area (Å²) in [5.41, 5.74) is 7.15. The molecule has 4 N–H and O–H groups in total. The van der Waals surface area contributed by atoms with E-state index in [0.717, 1.165) is 17.7 Å². The van der Waals surface area contributed by atoms with Crippen LogP contribution in [0.25, 0.3) is 0 Å². The summed E-state index contributed by atoms with van der Waals surface area (Å²) in [6.45, 7) is 6.17. The molecule has 0 aromatic heterocycles. The molecular formula is C21H29IN4O3S. The number of ether oxygens (including phenoxy) is 1. The van der Waals surface area contributed by atoms with Gasteiger partial charge in [0.15, 0.2) is 5.96 Å². The van der Waals surface area contributed by atoms with E-state index in [1.165, 1.54) is 0 Å². The van der Waals surface area contributed by atoms with Crippen molar-refractivity contribution < 1.29 is 13.2 Å². The van der Waals surface area contributed by atoms with Gasteiger partial charge in [-0.05, 0) is 38.5 Å². The molecule has 0 spiro atoms. The van der Waals surface area contributed by atoms with Crippen LogP contribution in [0.3, 0.4) is 0 Å². The van der Waals surface area contributed by atoms with Crippen LogP contribution in [0.15, 0.2) is 58.4 Å². The van der Waals surface area contributed by atoms with Gasteiger partial charge in [-0.3, -0.25) is 0 Å². The second-order valence-corrected chi connectivity index (χ2v) is 9.69. The van der Waals surface area contributed by atoms with Crippen molar-refractivity contribution in [2.45, 2.75) is 50.2 Å². The molecule has 30 heavy (non-hydrogen) atoms. The van der Waals surface area contributed by atoms with E-state index < -0.39 is 15.6 Å². The second-order valence-electron chi connectivity index (χ2n) is 8.04. The largest absolute Gasteiger partial charge is 0.493 e. The summed E-state index contributed by atoms with van der Waals surface area (Å²) >= 11 is 0. The molecule has 0 aliphatic carbocycles. The lowest BCUT2D eigenvalue weighted by Crippen LogP contribution is -2.40. The third-order valence-corrected chi connectivity index (χ3v) is 6.26. The minimum Gasteiger partial charge on any atom is -0.493 e. The number of aliphatic imine (C=N–C) groups is 1. The Bertz CT molecular complexity index is 1000. The van der Waals surface area contributed by atoms with Gasteiger partial charge >= 0.3 is 0 Å². The second kappa shape index (κ2) is 9.97. The first-order chi connectivity index (χ1) is 13.7. The summed E-state index contributed by atoms with van der Waals surface area (Å²) in [7, 11) is -3.66. The Hall–Kier alpha value is -1.85. The van der Waals surface area contributed by atoms with Gasteiger partial charge in [-0.15, -0.1) is 24.0 Å². The topological polar surface area (TPSA) is 106 Å². The van der Waals surface area contributed by atoms with E-state index in [-0.39, 0.29) is 47.4 Å². The number of sulfonamides is 1. The Morgan fingerprint density at radius 1 is 1.17 bits per heavy atom. The monoisotopic (exact) mass is 544 g/mol. The zero-order chi connectivity index (χ0) is 21.1. The lowest BCUT2D eigenvalue weighted by atomic mass is 10.0. The maximum absolute atomic E-state index is 12.7. The normalized spacial score (nSPS) is 16.8.